The first-order chi connectivity index (χ1) is 8.65. The van der Waals surface area contributed by atoms with Crippen molar-refractivity contribution in [2.45, 2.75) is 19.4 Å². The topological polar surface area (TPSA) is 25.2 Å². The lowest BCUT2D eigenvalue weighted by Crippen LogP contribution is -2.14. The molecule has 0 amide bonds. The van der Waals surface area contributed by atoms with Gasteiger partial charge in [0, 0.05) is 10.0 Å². The zero-order valence-electron chi connectivity index (χ0n) is 10.3. The van der Waals surface area contributed by atoms with Gasteiger partial charge in [-0.2, -0.15) is 0 Å². The van der Waals surface area contributed by atoms with E-state index in [0.29, 0.717) is 4.47 Å². The predicted molar refractivity (Wildman–Crippen MR) is 73.9 cm³/mol. The molecule has 0 radical (unpaired) electrons. The Labute approximate surface area is 114 Å². The first kappa shape index (κ1) is 13.3. The van der Waals surface area contributed by atoms with E-state index in [9.17, 15) is 4.39 Å². The molecule has 0 bridgehead atoms. The minimum Gasteiger partial charge on any atom is -0.459 e. The highest BCUT2D eigenvalue weighted by Gasteiger charge is 2.14. The number of hydrogen-bond donors (Lipinski definition) is 1. The van der Waals surface area contributed by atoms with Crippen molar-refractivity contribution in [1.29, 1.82) is 0 Å². The minimum absolute atomic E-state index is 0.206. The van der Waals surface area contributed by atoms with Crippen LogP contribution in [-0.4, -0.2) is 7.05 Å². The van der Waals surface area contributed by atoms with Crippen LogP contribution in [0.3, 0.4) is 0 Å². The van der Waals surface area contributed by atoms with Crippen LogP contribution in [0.25, 0.3) is 11.3 Å². The highest BCUT2D eigenvalue weighted by Crippen LogP contribution is 2.32. The van der Waals surface area contributed by atoms with Crippen LogP contribution in [0.15, 0.2) is 39.2 Å². The molecule has 0 spiro atoms. The van der Waals surface area contributed by atoms with Gasteiger partial charge >= 0.3 is 0 Å². The second-order valence-corrected chi connectivity index (χ2v) is 4.93. The Morgan fingerprint density at radius 1 is 1.33 bits per heavy atom. The second kappa shape index (κ2) is 5.67. The molecular weight excluding hydrogens is 297 g/mol. The molecule has 0 aliphatic carbocycles. The van der Waals surface area contributed by atoms with E-state index >= 15 is 0 Å². The van der Waals surface area contributed by atoms with Crippen LogP contribution in [0.1, 0.15) is 25.1 Å². The first-order valence-corrected chi connectivity index (χ1v) is 6.67. The number of halogens is 2. The van der Waals surface area contributed by atoms with Gasteiger partial charge in [-0.3, -0.25) is 0 Å². The molecule has 0 aliphatic rings. The lowest BCUT2D eigenvalue weighted by atomic mass is 10.1. The molecule has 4 heteroatoms. The first-order valence-electron chi connectivity index (χ1n) is 5.88. The third-order valence-corrected chi connectivity index (χ3v) is 3.58. The SMILES string of the molecule is CCC(NC)c1ccc(-c2ccc(F)cc2Br)o1. The van der Waals surface area contributed by atoms with Crippen molar-refractivity contribution in [3.05, 3.63) is 46.4 Å². The molecule has 0 aliphatic heterocycles. The largest absolute Gasteiger partial charge is 0.459 e. The van der Waals surface area contributed by atoms with Crippen molar-refractivity contribution in [1.82, 2.24) is 5.32 Å². The Morgan fingerprint density at radius 2 is 2.11 bits per heavy atom. The van der Waals surface area contributed by atoms with Crippen molar-refractivity contribution in [2.24, 2.45) is 0 Å². The van der Waals surface area contributed by atoms with Gasteiger partial charge in [-0.1, -0.05) is 6.92 Å². The van der Waals surface area contributed by atoms with E-state index in [1.54, 1.807) is 6.07 Å². The molecule has 2 rings (SSSR count). The van der Waals surface area contributed by atoms with E-state index in [0.717, 1.165) is 23.5 Å². The average Bonchev–Trinajstić information content (AvgIpc) is 2.80. The van der Waals surface area contributed by atoms with Crippen molar-refractivity contribution in [3.8, 4) is 11.3 Å². The van der Waals surface area contributed by atoms with E-state index in [1.165, 1.54) is 12.1 Å². The van der Waals surface area contributed by atoms with Crippen LogP contribution < -0.4 is 5.32 Å². The quantitative estimate of drug-likeness (QED) is 0.898. The van der Waals surface area contributed by atoms with Crippen molar-refractivity contribution >= 4 is 15.9 Å². The Bertz CT molecular complexity index is 534. The van der Waals surface area contributed by atoms with Crippen molar-refractivity contribution < 1.29 is 8.81 Å². The van der Waals surface area contributed by atoms with Gasteiger partial charge in [0.05, 0.1) is 6.04 Å². The van der Waals surface area contributed by atoms with E-state index in [4.69, 9.17) is 4.42 Å². The molecule has 1 aromatic carbocycles. The van der Waals surface area contributed by atoms with E-state index in [2.05, 4.69) is 28.2 Å². The van der Waals surface area contributed by atoms with Crippen LogP contribution in [0.2, 0.25) is 0 Å². The molecule has 2 nitrogen and oxygen atoms in total. The number of rotatable bonds is 4. The summed E-state index contributed by atoms with van der Waals surface area (Å²) in [5.74, 6) is 1.37. The fourth-order valence-electron chi connectivity index (χ4n) is 1.92. The van der Waals surface area contributed by atoms with Crippen LogP contribution in [0.4, 0.5) is 4.39 Å². The van der Waals surface area contributed by atoms with Gasteiger partial charge in [0.15, 0.2) is 0 Å². The molecule has 0 saturated carbocycles. The molecule has 2 aromatic rings. The van der Waals surface area contributed by atoms with Gasteiger partial charge in [0.2, 0.25) is 0 Å². The summed E-state index contributed by atoms with van der Waals surface area (Å²) in [6.45, 7) is 2.09. The number of nitrogens with one attached hydrogen (secondary N) is 1. The second-order valence-electron chi connectivity index (χ2n) is 4.08. The van der Waals surface area contributed by atoms with Crippen LogP contribution in [0, 0.1) is 5.82 Å². The number of benzene rings is 1. The van der Waals surface area contributed by atoms with Crippen LogP contribution >= 0.6 is 15.9 Å². The summed E-state index contributed by atoms with van der Waals surface area (Å²) >= 11 is 3.35. The summed E-state index contributed by atoms with van der Waals surface area (Å²) in [5, 5.41) is 3.19. The highest BCUT2D eigenvalue weighted by molar-refractivity contribution is 9.10. The Balaban J connectivity index is 2.34. The molecule has 1 unspecified atom stereocenters. The molecule has 0 fully saturated rings. The number of hydrogen-bond acceptors (Lipinski definition) is 2. The summed E-state index contributed by atoms with van der Waals surface area (Å²) in [4.78, 5) is 0. The summed E-state index contributed by atoms with van der Waals surface area (Å²) in [5.41, 5.74) is 0.855. The Hall–Kier alpha value is -1.13. The normalized spacial score (nSPS) is 12.7. The molecule has 1 heterocycles. The fraction of sp³-hybridized carbons (Fsp3) is 0.286. The predicted octanol–water partition coefficient (Wildman–Crippen LogP) is 4.52. The third-order valence-electron chi connectivity index (χ3n) is 2.92. The molecule has 1 atom stereocenters. The fourth-order valence-corrected chi connectivity index (χ4v) is 2.47. The zero-order valence-corrected chi connectivity index (χ0v) is 11.9. The smallest absolute Gasteiger partial charge is 0.135 e. The summed E-state index contributed by atoms with van der Waals surface area (Å²) in [6.07, 6.45) is 0.952. The van der Waals surface area contributed by atoms with E-state index < -0.39 is 0 Å². The minimum atomic E-state index is -0.265. The van der Waals surface area contributed by atoms with Crippen molar-refractivity contribution in [2.75, 3.05) is 7.05 Å². The summed E-state index contributed by atoms with van der Waals surface area (Å²) in [7, 11) is 1.91. The van der Waals surface area contributed by atoms with Gasteiger partial charge in [-0.05, 0) is 59.7 Å². The standard InChI is InChI=1S/C14H15BrFNO/c1-3-12(17-2)14-7-6-13(18-14)10-5-4-9(16)8-11(10)15/h4-8,12,17H,3H2,1-2H3. The van der Waals surface area contributed by atoms with Gasteiger partial charge in [0.1, 0.15) is 17.3 Å². The lowest BCUT2D eigenvalue weighted by Gasteiger charge is -2.10. The van der Waals surface area contributed by atoms with Crippen LogP contribution in [-0.2, 0) is 0 Å². The van der Waals surface area contributed by atoms with Crippen LogP contribution in [0.5, 0.6) is 0 Å². The maximum atomic E-state index is 13.0. The summed E-state index contributed by atoms with van der Waals surface area (Å²) in [6, 6.07) is 8.65. The average molecular weight is 312 g/mol. The monoisotopic (exact) mass is 311 g/mol. The Morgan fingerprint density at radius 3 is 2.72 bits per heavy atom. The van der Waals surface area contributed by atoms with Gasteiger partial charge in [-0.15, -0.1) is 0 Å². The van der Waals surface area contributed by atoms with E-state index in [-0.39, 0.29) is 11.9 Å². The molecular formula is C14H15BrFNO. The third kappa shape index (κ3) is 2.65. The maximum absolute atomic E-state index is 13.0. The number of furan rings is 1. The molecule has 18 heavy (non-hydrogen) atoms. The lowest BCUT2D eigenvalue weighted by molar-refractivity contribution is 0.431. The highest BCUT2D eigenvalue weighted by atomic mass is 79.9. The zero-order chi connectivity index (χ0) is 13.1. The maximum Gasteiger partial charge on any atom is 0.135 e. The molecule has 1 aromatic heterocycles. The van der Waals surface area contributed by atoms with Gasteiger partial charge < -0.3 is 9.73 Å². The molecule has 96 valence electrons. The Kier molecular flexibility index (Phi) is 4.19. The van der Waals surface area contributed by atoms with E-state index in [1.807, 2.05) is 19.2 Å². The molecule has 0 saturated heterocycles. The van der Waals surface area contributed by atoms with Crippen molar-refractivity contribution in [3.63, 3.8) is 0 Å². The van der Waals surface area contributed by atoms with Gasteiger partial charge in [0.25, 0.3) is 0 Å². The van der Waals surface area contributed by atoms with Gasteiger partial charge in [-0.25, -0.2) is 4.39 Å². The summed E-state index contributed by atoms with van der Waals surface area (Å²) < 4.78 is 19.5. The molecule has 1 N–H and O–H groups in total.